The van der Waals surface area contributed by atoms with Crippen LogP contribution >= 0.6 is 0 Å². The summed E-state index contributed by atoms with van der Waals surface area (Å²) >= 11 is 0. The average Bonchev–Trinajstić information content (AvgIpc) is 3.06. The number of rotatable bonds is 20. The average molecular weight is 627 g/mol. The van der Waals surface area contributed by atoms with E-state index >= 15 is 0 Å². The van der Waals surface area contributed by atoms with E-state index in [4.69, 9.17) is 19.3 Å². The lowest BCUT2D eigenvalue weighted by atomic mass is 9.72. The van der Waals surface area contributed by atoms with Crippen LogP contribution in [0.4, 0.5) is 0 Å². The Morgan fingerprint density at radius 2 is 1.47 bits per heavy atom. The number of hydrogen-bond donors (Lipinski definition) is 1. The monoisotopic (exact) mass is 626 g/mol. The molecule has 1 heterocycles. The van der Waals surface area contributed by atoms with Crippen LogP contribution < -0.4 is 0 Å². The number of carbonyl (C=O) groups is 2. The first-order valence-electron chi connectivity index (χ1n) is 18.1. The summed E-state index contributed by atoms with van der Waals surface area (Å²) in [6.45, 7) is 12.0. The van der Waals surface area contributed by atoms with Crippen molar-refractivity contribution in [2.75, 3.05) is 26.4 Å². The van der Waals surface area contributed by atoms with Crippen molar-refractivity contribution in [2.45, 2.75) is 136 Å². The number of allylic oxidation sites excluding steroid dienone is 4. The van der Waals surface area contributed by atoms with Gasteiger partial charge in [-0.3, -0.25) is 0 Å². The summed E-state index contributed by atoms with van der Waals surface area (Å²) in [5.74, 6) is 1.42. The third-order valence-electron chi connectivity index (χ3n) is 10.5. The first-order valence-corrected chi connectivity index (χ1v) is 18.1. The molecule has 0 radical (unpaired) electrons. The quantitative estimate of drug-likeness (QED) is 0.0825. The molecule has 3 unspecified atom stereocenters. The molecule has 1 N–H and O–H groups in total. The number of carbonyl (C=O) groups excluding carboxylic acids is 2. The Bertz CT molecular complexity index is 993. The summed E-state index contributed by atoms with van der Waals surface area (Å²) in [7, 11) is 0. The molecule has 3 atom stereocenters. The largest absolute Gasteiger partial charge is 0.462 e. The molecule has 0 aromatic carbocycles. The van der Waals surface area contributed by atoms with Crippen LogP contribution in [-0.4, -0.2) is 49.6 Å². The maximum atomic E-state index is 11.9. The third kappa shape index (κ3) is 13.6. The van der Waals surface area contributed by atoms with E-state index in [1.165, 1.54) is 89.9 Å². The van der Waals surface area contributed by atoms with Crippen LogP contribution in [0.5, 0.6) is 0 Å². The molecule has 0 amide bonds. The van der Waals surface area contributed by atoms with Crippen molar-refractivity contribution in [3.05, 3.63) is 47.6 Å². The number of esters is 2. The highest BCUT2D eigenvalue weighted by Gasteiger charge is 2.34. The molecule has 6 heteroatoms. The number of hydrogen-bond acceptors (Lipinski definition) is 6. The van der Waals surface area contributed by atoms with Crippen molar-refractivity contribution in [1.29, 1.82) is 0 Å². The predicted octanol–water partition coefficient (Wildman–Crippen LogP) is 8.98. The molecule has 0 aromatic heterocycles. The molecule has 254 valence electrons. The van der Waals surface area contributed by atoms with Gasteiger partial charge in [0.25, 0.3) is 0 Å². The van der Waals surface area contributed by atoms with Gasteiger partial charge in [-0.15, -0.1) is 0 Å². The van der Waals surface area contributed by atoms with Crippen LogP contribution in [0.2, 0.25) is 0 Å². The summed E-state index contributed by atoms with van der Waals surface area (Å²) in [5, 5.41) is 9.12. The second kappa shape index (κ2) is 20.8. The fraction of sp³-hybridized carbons (Fsp3) is 0.744. The van der Waals surface area contributed by atoms with E-state index in [-0.39, 0.29) is 36.8 Å². The summed E-state index contributed by atoms with van der Waals surface area (Å²) in [5.41, 5.74) is 3.76. The molecule has 45 heavy (non-hydrogen) atoms. The van der Waals surface area contributed by atoms with E-state index in [0.29, 0.717) is 24.3 Å². The number of ether oxygens (including phenoxy) is 3. The van der Waals surface area contributed by atoms with Crippen LogP contribution in [0.1, 0.15) is 129 Å². The van der Waals surface area contributed by atoms with E-state index in [0.717, 1.165) is 31.3 Å². The first kappa shape index (κ1) is 37.3. The Morgan fingerprint density at radius 1 is 0.867 bits per heavy atom. The second-order valence-corrected chi connectivity index (χ2v) is 14.0. The maximum absolute atomic E-state index is 11.9. The topological polar surface area (TPSA) is 82.1 Å². The molecule has 3 aliphatic rings. The van der Waals surface area contributed by atoms with Crippen molar-refractivity contribution in [3.63, 3.8) is 0 Å². The Morgan fingerprint density at radius 3 is 2.00 bits per heavy atom. The minimum Gasteiger partial charge on any atom is -0.462 e. The second-order valence-electron chi connectivity index (χ2n) is 14.0. The molecule has 6 nitrogen and oxygen atoms in total. The number of aliphatic hydroxyl groups excluding tert-OH is 1. The molecule has 2 aliphatic carbocycles. The molecule has 3 rings (SSSR count). The van der Waals surface area contributed by atoms with Crippen molar-refractivity contribution < 1.29 is 28.9 Å². The third-order valence-corrected chi connectivity index (χ3v) is 10.5. The van der Waals surface area contributed by atoms with E-state index in [2.05, 4.69) is 32.2 Å². The highest BCUT2D eigenvalue weighted by atomic mass is 16.5. The van der Waals surface area contributed by atoms with Crippen LogP contribution in [0.3, 0.4) is 0 Å². The zero-order valence-electron chi connectivity index (χ0n) is 28.5. The molecular weight excluding hydrogens is 564 g/mol. The van der Waals surface area contributed by atoms with Gasteiger partial charge in [0.15, 0.2) is 0 Å². The Hall–Kier alpha value is -2.18. The summed E-state index contributed by atoms with van der Waals surface area (Å²) in [6.07, 6.45) is 26.9. The van der Waals surface area contributed by atoms with Gasteiger partial charge in [-0.2, -0.15) is 0 Å². The van der Waals surface area contributed by atoms with Gasteiger partial charge in [0.1, 0.15) is 0 Å². The minimum absolute atomic E-state index is 0.0506. The lowest BCUT2D eigenvalue weighted by Gasteiger charge is -2.40. The molecule has 0 bridgehead atoms. The summed E-state index contributed by atoms with van der Waals surface area (Å²) in [6, 6.07) is 0. The molecular formula is C39H62O6. The van der Waals surface area contributed by atoms with Gasteiger partial charge in [-0.1, -0.05) is 81.9 Å². The Kier molecular flexibility index (Phi) is 17.3. The van der Waals surface area contributed by atoms with Crippen LogP contribution in [0.25, 0.3) is 0 Å². The van der Waals surface area contributed by atoms with E-state index in [9.17, 15) is 9.59 Å². The van der Waals surface area contributed by atoms with E-state index in [1.54, 1.807) is 18.1 Å². The van der Waals surface area contributed by atoms with Crippen molar-refractivity contribution >= 4 is 11.9 Å². The molecule has 1 saturated heterocycles. The van der Waals surface area contributed by atoms with Gasteiger partial charge >= 0.3 is 11.9 Å². The van der Waals surface area contributed by atoms with Gasteiger partial charge < -0.3 is 19.3 Å². The fourth-order valence-corrected chi connectivity index (χ4v) is 7.42. The van der Waals surface area contributed by atoms with Crippen molar-refractivity contribution in [3.8, 4) is 0 Å². The van der Waals surface area contributed by atoms with Crippen LogP contribution in [-0.2, 0) is 23.8 Å². The smallest absolute Gasteiger partial charge is 0.335 e. The standard InChI is InChI=1S/C39H62O6/c1-5-6-7-10-31-13-15-32(16-14-31)11-8-9-12-33-17-19-34(20-18-33)36-21-22-37(45-28-36)35(23-25-43-38(41)29(2)3)24-26-44-39(42)30(4)27-40/h13,15,33-37,40H,2,4-12,14,16-28H2,1,3H3. The lowest BCUT2D eigenvalue weighted by molar-refractivity contribution is -0.141. The van der Waals surface area contributed by atoms with Crippen LogP contribution in [0.15, 0.2) is 47.6 Å². The molecule has 1 aliphatic heterocycles. The zero-order chi connectivity index (χ0) is 32.4. The van der Waals surface area contributed by atoms with Gasteiger partial charge in [0, 0.05) is 5.57 Å². The van der Waals surface area contributed by atoms with Crippen molar-refractivity contribution in [2.24, 2.45) is 23.7 Å². The summed E-state index contributed by atoms with van der Waals surface area (Å²) < 4.78 is 17.1. The fourth-order valence-electron chi connectivity index (χ4n) is 7.42. The Labute approximate surface area is 273 Å². The molecule has 2 fully saturated rings. The first-order chi connectivity index (χ1) is 21.8. The summed E-state index contributed by atoms with van der Waals surface area (Å²) in [4.78, 5) is 23.8. The normalized spacial score (nSPS) is 24.2. The minimum atomic E-state index is -0.573. The highest BCUT2D eigenvalue weighted by molar-refractivity contribution is 5.88. The molecule has 1 saturated carbocycles. The number of unbranched alkanes of at least 4 members (excludes halogenated alkanes) is 3. The van der Waals surface area contributed by atoms with Gasteiger partial charge in [-0.05, 0) is 108 Å². The van der Waals surface area contributed by atoms with Gasteiger partial charge in [0.05, 0.1) is 38.1 Å². The SMILES string of the molecule is C=C(C)C(=O)OCCC(CCOC(=O)C(=C)CO)C1CCC(C2CCC(CCCCC3=CC=C(CCCCC)CC3)CC2)CO1. The molecule has 0 aromatic rings. The predicted molar refractivity (Wildman–Crippen MR) is 182 cm³/mol. The zero-order valence-corrected chi connectivity index (χ0v) is 28.5. The lowest BCUT2D eigenvalue weighted by Crippen LogP contribution is -2.37. The van der Waals surface area contributed by atoms with E-state index < -0.39 is 12.6 Å². The molecule has 0 spiro atoms. The number of aliphatic hydroxyl groups is 1. The maximum Gasteiger partial charge on any atom is 0.335 e. The van der Waals surface area contributed by atoms with Crippen molar-refractivity contribution in [1.82, 2.24) is 0 Å². The van der Waals surface area contributed by atoms with Gasteiger partial charge in [-0.25, -0.2) is 9.59 Å². The van der Waals surface area contributed by atoms with Crippen LogP contribution in [0, 0.1) is 23.7 Å². The highest BCUT2D eigenvalue weighted by Crippen LogP contribution is 2.40. The van der Waals surface area contributed by atoms with Gasteiger partial charge in [0.2, 0.25) is 0 Å². The Balaban J connectivity index is 1.34. The van der Waals surface area contributed by atoms with E-state index in [1.807, 2.05) is 0 Å².